The summed E-state index contributed by atoms with van der Waals surface area (Å²) < 4.78 is 31.9. The van der Waals surface area contributed by atoms with E-state index in [1.165, 1.54) is 11.0 Å². The minimum Gasteiger partial charge on any atom is -0.496 e. The van der Waals surface area contributed by atoms with Crippen molar-refractivity contribution in [1.29, 1.82) is 0 Å². The molecule has 0 heterocycles. The lowest BCUT2D eigenvalue weighted by molar-refractivity contribution is -0.138. The van der Waals surface area contributed by atoms with Gasteiger partial charge in [-0.25, -0.2) is 8.78 Å². The van der Waals surface area contributed by atoms with E-state index in [2.05, 4.69) is 0 Å². The van der Waals surface area contributed by atoms with Gasteiger partial charge in [-0.1, -0.05) is 31.2 Å². The maximum absolute atomic E-state index is 13.5. The second kappa shape index (κ2) is 9.82. The second-order valence-electron chi connectivity index (χ2n) is 6.55. The summed E-state index contributed by atoms with van der Waals surface area (Å²) in [6, 6.07) is 10.7. The first-order valence-electron chi connectivity index (χ1n) is 8.88. The molecule has 7 heteroatoms. The molecule has 0 aliphatic rings. The molecule has 150 valence electrons. The lowest BCUT2D eigenvalue weighted by Gasteiger charge is -2.24. The van der Waals surface area contributed by atoms with Gasteiger partial charge in [0.1, 0.15) is 5.75 Å². The molecule has 2 aromatic carbocycles. The SMILES string of the molecule is COc1ccccc1C(C)CC(=O)N(CCC(=O)O)Cc1ccc(F)c(F)c1. The molecular weight excluding hydrogens is 368 g/mol. The molecule has 2 rings (SSSR count). The first-order valence-corrected chi connectivity index (χ1v) is 8.88. The van der Waals surface area contributed by atoms with E-state index in [0.29, 0.717) is 11.3 Å². The largest absolute Gasteiger partial charge is 0.496 e. The van der Waals surface area contributed by atoms with Crippen LogP contribution in [0.15, 0.2) is 42.5 Å². The molecule has 5 nitrogen and oxygen atoms in total. The van der Waals surface area contributed by atoms with Crippen LogP contribution in [0.1, 0.15) is 36.8 Å². The summed E-state index contributed by atoms with van der Waals surface area (Å²) in [6.07, 6.45) is -0.109. The zero-order valence-electron chi connectivity index (χ0n) is 15.8. The minimum atomic E-state index is -1.04. The smallest absolute Gasteiger partial charge is 0.305 e. The highest BCUT2D eigenvalue weighted by Crippen LogP contribution is 2.29. The van der Waals surface area contributed by atoms with Crippen LogP contribution < -0.4 is 4.74 Å². The van der Waals surface area contributed by atoms with Crippen molar-refractivity contribution in [3.05, 3.63) is 65.2 Å². The van der Waals surface area contributed by atoms with Gasteiger partial charge in [0.05, 0.1) is 13.5 Å². The van der Waals surface area contributed by atoms with Crippen LogP contribution in [0.3, 0.4) is 0 Å². The standard InChI is InChI=1S/C21H23F2NO4/c1-14(16-5-3-4-6-19(16)28-2)11-20(25)24(10-9-21(26)27)13-15-7-8-17(22)18(23)12-15/h3-8,12,14H,9-11,13H2,1-2H3,(H,26,27). The molecule has 1 atom stereocenters. The molecule has 0 saturated carbocycles. The van der Waals surface area contributed by atoms with Crippen molar-refractivity contribution < 1.29 is 28.2 Å². The van der Waals surface area contributed by atoms with Gasteiger partial charge in [0.2, 0.25) is 5.91 Å². The number of carbonyl (C=O) groups excluding carboxylic acids is 1. The Morgan fingerprint density at radius 1 is 1.14 bits per heavy atom. The normalized spacial score (nSPS) is 11.7. The molecule has 1 amide bonds. The van der Waals surface area contributed by atoms with Crippen molar-refractivity contribution in [2.45, 2.75) is 32.2 Å². The molecule has 0 fully saturated rings. The maximum Gasteiger partial charge on any atom is 0.305 e. The number of aliphatic carboxylic acids is 1. The van der Waals surface area contributed by atoms with Crippen molar-refractivity contribution >= 4 is 11.9 Å². The number of carbonyl (C=O) groups is 2. The van der Waals surface area contributed by atoms with Crippen LogP contribution in [-0.2, 0) is 16.1 Å². The number of benzene rings is 2. The molecule has 28 heavy (non-hydrogen) atoms. The van der Waals surface area contributed by atoms with Gasteiger partial charge in [0, 0.05) is 19.5 Å². The molecule has 1 N–H and O–H groups in total. The summed E-state index contributed by atoms with van der Waals surface area (Å²) in [5.74, 6) is -2.80. The van der Waals surface area contributed by atoms with E-state index in [9.17, 15) is 18.4 Å². The first-order chi connectivity index (χ1) is 13.3. The first kappa shape index (κ1) is 21.3. The summed E-state index contributed by atoms with van der Waals surface area (Å²) in [5.41, 5.74) is 1.26. The second-order valence-corrected chi connectivity index (χ2v) is 6.55. The van der Waals surface area contributed by atoms with E-state index < -0.39 is 17.6 Å². The number of para-hydroxylation sites is 1. The van der Waals surface area contributed by atoms with E-state index in [-0.39, 0.29) is 37.8 Å². The Bertz CT molecular complexity index is 841. The number of rotatable bonds is 9. The molecule has 0 saturated heterocycles. The Labute approximate surface area is 162 Å². The van der Waals surface area contributed by atoms with Crippen LogP contribution in [0, 0.1) is 11.6 Å². The summed E-state index contributed by atoms with van der Waals surface area (Å²) in [7, 11) is 1.55. The van der Waals surface area contributed by atoms with E-state index in [0.717, 1.165) is 17.7 Å². The Hall–Kier alpha value is -2.96. The molecular formula is C21H23F2NO4. The van der Waals surface area contributed by atoms with Crippen LogP contribution in [0.25, 0.3) is 0 Å². The molecule has 0 aliphatic carbocycles. The van der Waals surface area contributed by atoms with E-state index in [1.54, 1.807) is 13.2 Å². The minimum absolute atomic E-state index is 0.00194. The highest BCUT2D eigenvalue weighted by Gasteiger charge is 2.21. The Morgan fingerprint density at radius 3 is 2.50 bits per heavy atom. The lowest BCUT2D eigenvalue weighted by Crippen LogP contribution is -2.33. The highest BCUT2D eigenvalue weighted by atomic mass is 19.2. The van der Waals surface area contributed by atoms with Gasteiger partial charge in [-0.3, -0.25) is 9.59 Å². The van der Waals surface area contributed by atoms with Crippen molar-refractivity contribution in [3.8, 4) is 5.75 Å². The number of methoxy groups -OCH3 is 1. The van der Waals surface area contributed by atoms with Gasteiger partial charge < -0.3 is 14.7 Å². The number of hydrogen-bond donors (Lipinski definition) is 1. The highest BCUT2D eigenvalue weighted by molar-refractivity contribution is 5.78. The fourth-order valence-corrected chi connectivity index (χ4v) is 2.96. The van der Waals surface area contributed by atoms with Gasteiger partial charge in [-0.05, 0) is 35.2 Å². The van der Waals surface area contributed by atoms with E-state index in [4.69, 9.17) is 9.84 Å². The van der Waals surface area contributed by atoms with Crippen LogP contribution >= 0.6 is 0 Å². The van der Waals surface area contributed by atoms with Crippen molar-refractivity contribution in [3.63, 3.8) is 0 Å². The zero-order valence-corrected chi connectivity index (χ0v) is 15.8. The topological polar surface area (TPSA) is 66.8 Å². The van der Waals surface area contributed by atoms with Gasteiger partial charge in [-0.2, -0.15) is 0 Å². The third-order valence-corrected chi connectivity index (χ3v) is 4.46. The fourth-order valence-electron chi connectivity index (χ4n) is 2.96. The average Bonchev–Trinajstić information content (AvgIpc) is 2.67. The van der Waals surface area contributed by atoms with Crippen LogP contribution in [0.5, 0.6) is 5.75 Å². The number of amides is 1. The fraction of sp³-hybridized carbons (Fsp3) is 0.333. The quantitative estimate of drug-likeness (QED) is 0.702. The van der Waals surface area contributed by atoms with Gasteiger partial charge in [-0.15, -0.1) is 0 Å². The van der Waals surface area contributed by atoms with Crippen molar-refractivity contribution in [2.75, 3.05) is 13.7 Å². The Morgan fingerprint density at radius 2 is 1.86 bits per heavy atom. The molecule has 0 aromatic heterocycles. The summed E-state index contributed by atoms with van der Waals surface area (Å²) in [6.45, 7) is 1.86. The summed E-state index contributed by atoms with van der Waals surface area (Å²) >= 11 is 0. The third-order valence-electron chi connectivity index (χ3n) is 4.46. The maximum atomic E-state index is 13.5. The van der Waals surface area contributed by atoms with Crippen LogP contribution in [0.4, 0.5) is 8.78 Å². The molecule has 0 radical (unpaired) electrons. The summed E-state index contributed by atoms with van der Waals surface area (Å²) in [4.78, 5) is 25.1. The summed E-state index contributed by atoms with van der Waals surface area (Å²) in [5, 5.41) is 8.95. The van der Waals surface area contributed by atoms with Crippen LogP contribution in [-0.4, -0.2) is 35.5 Å². The number of nitrogens with zero attached hydrogens (tertiary/aromatic N) is 1. The van der Waals surface area contributed by atoms with E-state index >= 15 is 0 Å². The predicted molar refractivity (Wildman–Crippen MR) is 100 cm³/mol. The number of halogens is 2. The molecule has 2 aromatic rings. The van der Waals surface area contributed by atoms with Gasteiger partial charge in [0.15, 0.2) is 11.6 Å². The average molecular weight is 391 g/mol. The monoisotopic (exact) mass is 391 g/mol. The molecule has 0 aliphatic heterocycles. The van der Waals surface area contributed by atoms with Crippen molar-refractivity contribution in [2.24, 2.45) is 0 Å². The molecule has 1 unspecified atom stereocenters. The number of carboxylic acids is 1. The van der Waals surface area contributed by atoms with E-state index in [1.807, 2.05) is 25.1 Å². The molecule has 0 spiro atoms. The predicted octanol–water partition coefficient (Wildman–Crippen LogP) is 3.97. The Balaban J connectivity index is 2.15. The third kappa shape index (κ3) is 5.77. The van der Waals surface area contributed by atoms with Crippen molar-refractivity contribution in [1.82, 2.24) is 4.90 Å². The number of carboxylic acid groups (broad SMARTS) is 1. The number of hydrogen-bond acceptors (Lipinski definition) is 3. The van der Waals surface area contributed by atoms with Crippen LogP contribution in [0.2, 0.25) is 0 Å². The van der Waals surface area contributed by atoms with Gasteiger partial charge in [0.25, 0.3) is 0 Å². The Kier molecular flexibility index (Phi) is 7.49. The zero-order chi connectivity index (χ0) is 20.7. The lowest BCUT2D eigenvalue weighted by atomic mass is 9.96. The molecule has 0 bridgehead atoms. The van der Waals surface area contributed by atoms with Gasteiger partial charge >= 0.3 is 5.97 Å². The number of ether oxygens (including phenoxy) is 1.